The average Bonchev–Trinajstić information content (AvgIpc) is 3.11. The molecule has 4 N–H and O–H groups in total. The molecule has 8 nitrogen and oxygen atoms in total. The predicted molar refractivity (Wildman–Crippen MR) is 101 cm³/mol. The molecule has 27 heavy (non-hydrogen) atoms. The first-order chi connectivity index (χ1) is 12.8. The van der Waals surface area contributed by atoms with Crippen molar-refractivity contribution in [1.82, 2.24) is 10.2 Å². The molecule has 2 aromatic carbocycles. The van der Waals surface area contributed by atoms with E-state index in [1.807, 2.05) is 0 Å². The molecule has 140 valence electrons. The molecule has 3 aromatic rings. The number of carbonyl (C=O) groups is 1. The summed E-state index contributed by atoms with van der Waals surface area (Å²) in [7, 11) is -2.26. The lowest BCUT2D eigenvalue weighted by atomic mass is 10.1. The van der Waals surface area contributed by atoms with Crippen LogP contribution in [0.25, 0.3) is 11.3 Å². The van der Waals surface area contributed by atoms with Crippen LogP contribution in [-0.2, 0) is 10.0 Å². The van der Waals surface area contributed by atoms with Crippen LogP contribution in [0.5, 0.6) is 5.75 Å². The Kier molecular flexibility index (Phi) is 5.17. The number of amides is 1. The van der Waals surface area contributed by atoms with E-state index in [2.05, 4.69) is 15.5 Å². The molecule has 1 aromatic heterocycles. The third-order valence-corrected chi connectivity index (χ3v) is 4.94. The quantitative estimate of drug-likeness (QED) is 0.600. The lowest BCUT2D eigenvalue weighted by molar-refractivity contribution is 0.102. The molecule has 0 saturated carbocycles. The van der Waals surface area contributed by atoms with E-state index in [0.717, 1.165) is 0 Å². The zero-order valence-electron chi connectivity index (χ0n) is 14.1. The first kappa shape index (κ1) is 18.9. The van der Waals surface area contributed by atoms with Crippen LogP contribution >= 0.6 is 11.6 Å². The summed E-state index contributed by atoms with van der Waals surface area (Å²) in [4.78, 5) is 12.3. The van der Waals surface area contributed by atoms with Crippen molar-refractivity contribution in [2.75, 3.05) is 12.4 Å². The molecule has 0 aliphatic carbocycles. The van der Waals surface area contributed by atoms with E-state index >= 15 is 0 Å². The second-order valence-corrected chi connectivity index (χ2v) is 7.51. The van der Waals surface area contributed by atoms with E-state index in [-0.39, 0.29) is 10.6 Å². The van der Waals surface area contributed by atoms with Crippen LogP contribution in [0.2, 0.25) is 5.02 Å². The van der Waals surface area contributed by atoms with Gasteiger partial charge in [0.2, 0.25) is 10.0 Å². The highest BCUT2D eigenvalue weighted by Gasteiger charge is 2.13. The summed E-state index contributed by atoms with van der Waals surface area (Å²) in [6.45, 7) is 0. The lowest BCUT2D eigenvalue weighted by Crippen LogP contribution is -2.14. The number of anilines is 1. The van der Waals surface area contributed by atoms with Gasteiger partial charge in [0.05, 0.1) is 22.7 Å². The van der Waals surface area contributed by atoms with Gasteiger partial charge in [-0.05, 0) is 48.5 Å². The predicted octanol–water partition coefficient (Wildman–Crippen LogP) is 2.64. The number of rotatable bonds is 5. The number of benzene rings is 2. The summed E-state index contributed by atoms with van der Waals surface area (Å²) in [6, 6.07) is 12.2. The monoisotopic (exact) mass is 406 g/mol. The zero-order chi connectivity index (χ0) is 19.6. The van der Waals surface area contributed by atoms with Crippen molar-refractivity contribution in [3.05, 3.63) is 59.2 Å². The number of nitrogens with one attached hydrogen (secondary N) is 2. The number of primary sulfonamides is 1. The fourth-order valence-electron chi connectivity index (χ4n) is 2.34. The molecule has 3 rings (SSSR count). The summed E-state index contributed by atoms with van der Waals surface area (Å²) >= 11 is 6.11. The molecular formula is C17H15ClN4O4S. The molecule has 0 radical (unpaired) electrons. The van der Waals surface area contributed by atoms with Crippen molar-refractivity contribution in [3.8, 4) is 17.0 Å². The normalized spacial score (nSPS) is 11.2. The van der Waals surface area contributed by atoms with Crippen LogP contribution < -0.4 is 15.2 Å². The maximum atomic E-state index is 12.3. The number of nitrogens with two attached hydrogens (primary N) is 1. The van der Waals surface area contributed by atoms with E-state index in [0.29, 0.717) is 27.7 Å². The van der Waals surface area contributed by atoms with Crippen molar-refractivity contribution in [3.63, 3.8) is 0 Å². The summed E-state index contributed by atoms with van der Waals surface area (Å²) in [5.41, 5.74) is 1.89. The van der Waals surface area contributed by atoms with Gasteiger partial charge in [-0.3, -0.25) is 9.89 Å². The van der Waals surface area contributed by atoms with Gasteiger partial charge >= 0.3 is 0 Å². The Morgan fingerprint density at radius 1 is 1.19 bits per heavy atom. The van der Waals surface area contributed by atoms with E-state index in [4.69, 9.17) is 21.5 Å². The molecule has 0 saturated heterocycles. The summed E-state index contributed by atoms with van der Waals surface area (Å²) in [6.07, 6.45) is 0. The minimum absolute atomic E-state index is 0.0410. The van der Waals surface area contributed by atoms with Crippen LogP contribution in [-0.4, -0.2) is 31.6 Å². The number of hydrogen-bond donors (Lipinski definition) is 3. The van der Waals surface area contributed by atoms with Crippen molar-refractivity contribution in [1.29, 1.82) is 0 Å². The smallest absolute Gasteiger partial charge is 0.273 e. The Morgan fingerprint density at radius 3 is 2.48 bits per heavy atom. The maximum absolute atomic E-state index is 12.3. The first-order valence-corrected chi connectivity index (χ1v) is 9.54. The fraction of sp³-hybridized carbons (Fsp3) is 0.0588. The van der Waals surface area contributed by atoms with Crippen LogP contribution in [0.4, 0.5) is 5.69 Å². The number of carbonyl (C=O) groups excluding carboxylic acids is 1. The number of ether oxygens (including phenoxy) is 1. The number of aromatic amines is 1. The third kappa shape index (κ3) is 4.27. The molecule has 0 unspecified atom stereocenters. The molecule has 0 bridgehead atoms. The Labute approximate surface area is 160 Å². The zero-order valence-corrected chi connectivity index (χ0v) is 15.6. The van der Waals surface area contributed by atoms with E-state index in [9.17, 15) is 13.2 Å². The van der Waals surface area contributed by atoms with Gasteiger partial charge in [0.15, 0.2) is 0 Å². The van der Waals surface area contributed by atoms with Crippen molar-refractivity contribution < 1.29 is 17.9 Å². The van der Waals surface area contributed by atoms with Gasteiger partial charge in [0, 0.05) is 11.3 Å². The number of nitrogens with zero attached hydrogens (tertiary/aromatic N) is 1. The Morgan fingerprint density at radius 2 is 1.89 bits per heavy atom. The standard InChI is InChI=1S/C17H15ClN4O4S/c1-26-16-7-2-10(8-13(16)18)14-9-15(22-21-14)17(23)20-11-3-5-12(6-4-11)27(19,24)25/h2-9H,1H3,(H,20,23)(H,21,22)(H2,19,24,25). The van der Waals surface area contributed by atoms with Crippen LogP contribution in [0.3, 0.4) is 0 Å². The summed E-state index contributed by atoms with van der Waals surface area (Å²) in [5, 5.41) is 14.9. The molecule has 0 spiro atoms. The summed E-state index contributed by atoms with van der Waals surface area (Å²) in [5.74, 6) is 0.105. The van der Waals surface area contributed by atoms with Gasteiger partial charge < -0.3 is 10.1 Å². The Bertz CT molecular complexity index is 1090. The largest absolute Gasteiger partial charge is 0.495 e. The number of halogens is 1. The van der Waals surface area contributed by atoms with E-state index in [1.54, 1.807) is 24.3 Å². The number of aromatic nitrogens is 2. The summed E-state index contributed by atoms with van der Waals surface area (Å²) < 4.78 is 27.6. The second-order valence-electron chi connectivity index (χ2n) is 5.54. The van der Waals surface area contributed by atoms with Gasteiger partial charge in [0.1, 0.15) is 11.4 Å². The molecule has 0 aliphatic rings. The highest BCUT2D eigenvalue weighted by atomic mass is 35.5. The van der Waals surface area contributed by atoms with Gasteiger partial charge in [-0.2, -0.15) is 5.10 Å². The van der Waals surface area contributed by atoms with Gasteiger partial charge in [0.25, 0.3) is 5.91 Å². The van der Waals surface area contributed by atoms with E-state index < -0.39 is 15.9 Å². The van der Waals surface area contributed by atoms with Gasteiger partial charge in [-0.25, -0.2) is 13.6 Å². The molecule has 0 atom stereocenters. The number of H-pyrrole nitrogens is 1. The SMILES string of the molecule is COc1ccc(-c2cc(C(=O)Nc3ccc(S(N)(=O)=O)cc3)[nH]n2)cc1Cl. The fourth-order valence-corrected chi connectivity index (χ4v) is 3.11. The molecule has 1 amide bonds. The van der Waals surface area contributed by atoms with Crippen molar-refractivity contribution >= 4 is 33.2 Å². The molecule has 1 heterocycles. The number of hydrogen-bond acceptors (Lipinski definition) is 5. The van der Waals surface area contributed by atoms with Crippen LogP contribution in [0.15, 0.2) is 53.4 Å². The topological polar surface area (TPSA) is 127 Å². The van der Waals surface area contributed by atoms with Crippen LogP contribution in [0.1, 0.15) is 10.5 Å². The van der Waals surface area contributed by atoms with E-state index in [1.165, 1.54) is 31.4 Å². The second kappa shape index (κ2) is 7.39. The van der Waals surface area contributed by atoms with Crippen molar-refractivity contribution in [2.24, 2.45) is 5.14 Å². The maximum Gasteiger partial charge on any atom is 0.273 e. The molecule has 0 fully saturated rings. The van der Waals surface area contributed by atoms with Crippen LogP contribution in [0, 0.1) is 0 Å². The third-order valence-electron chi connectivity index (χ3n) is 3.71. The molecule has 10 heteroatoms. The first-order valence-electron chi connectivity index (χ1n) is 7.61. The molecule has 0 aliphatic heterocycles. The minimum atomic E-state index is -3.78. The molecular weight excluding hydrogens is 392 g/mol. The van der Waals surface area contributed by atoms with Crippen molar-refractivity contribution in [2.45, 2.75) is 4.90 Å². The van der Waals surface area contributed by atoms with Gasteiger partial charge in [-0.15, -0.1) is 0 Å². The number of sulfonamides is 1. The highest BCUT2D eigenvalue weighted by Crippen LogP contribution is 2.29. The Hall–Kier alpha value is -2.88. The number of methoxy groups -OCH3 is 1. The van der Waals surface area contributed by atoms with Gasteiger partial charge in [-0.1, -0.05) is 11.6 Å². The average molecular weight is 407 g/mol. The minimum Gasteiger partial charge on any atom is -0.495 e. The lowest BCUT2D eigenvalue weighted by Gasteiger charge is -2.04. The highest BCUT2D eigenvalue weighted by molar-refractivity contribution is 7.89. The Balaban J connectivity index is 1.76.